The van der Waals surface area contributed by atoms with Gasteiger partial charge in [0.05, 0.1) is 0 Å². The summed E-state index contributed by atoms with van der Waals surface area (Å²) in [4.78, 5) is 2.82. The van der Waals surface area contributed by atoms with Gasteiger partial charge in [0.25, 0.3) is 0 Å². The summed E-state index contributed by atoms with van der Waals surface area (Å²) in [7, 11) is 0. The van der Waals surface area contributed by atoms with Gasteiger partial charge in [0, 0.05) is 44.4 Å². The molecule has 0 radical (unpaired) electrons. The highest BCUT2D eigenvalue weighted by molar-refractivity contribution is 5.06. The Bertz CT molecular complexity index is 355. The van der Waals surface area contributed by atoms with Crippen molar-refractivity contribution in [2.75, 3.05) is 32.8 Å². The predicted octanol–water partition coefficient (Wildman–Crippen LogP) is 2.90. The van der Waals surface area contributed by atoms with E-state index < -0.39 is 0 Å². The standard InChI is InChI=1S/C18H34N2O/c1-17(2,3)16-11-19-18(4,15-5-6-15)13-20(16)12-14-7-9-21-10-8-14/h14-16,19H,5-13H2,1-4H3. The second-order valence-electron chi connectivity index (χ2n) is 8.94. The maximum Gasteiger partial charge on any atom is 0.0469 e. The number of nitrogens with zero attached hydrogens (tertiary/aromatic N) is 1. The molecule has 3 nitrogen and oxygen atoms in total. The fourth-order valence-corrected chi connectivity index (χ4v) is 4.35. The Hall–Kier alpha value is -0.120. The lowest BCUT2D eigenvalue weighted by Crippen LogP contribution is -2.67. The monoisotopic (exact) mass is 294 g/mol. The van der Waals surface area contributed by atoms with Crippen LogP contribution in [0.1, 0.15) is 53.4 Å². The lowest BCUT2D eigenvalue weighted by molar-refractivity contribution is -0.00978. The number of ether oxygens (including phenoxy) is 1. The number of hydrogen-bond donors (Lipinski definition) is 1. The van der Waals surface area contributed by atoms with Gasteiger partial charge in [-0.1, -0.05) is 20.8 Å². The lowest BCUT2D eigenvalue weighted by Gasteiger charge is -2.52. The van der Waals surface area contributed by atoms with Crippen molar-refractivity contribution < 1.29 is 4.74 Å². The molecule has 2 heterocycles. The van der Waals surface area contributed by atoms with Crippen molar-refractivity contribution in [1.82, 2.24) is 10.2 Å². The Morgan fingerprint density at radius 1 is 1.14 bits per heavy atom. The minimum absolute atomic E-state index is 0.350. The summed E-state index contributed by atoms with van der Waals surface area (Å²) in [6, 6.07) is 0.659. The largest absolute Gasteiger partial charge is 0.381 e. The number of rotatable bonds is 3. The lowest BCUT2D eigenvalue weighted by atomic mass is 9.80. The molecule has 0 bridgehead atoms. The van der Waals surface area contributed by atoms with E-state index in [1.807, 2.05) is 0 Å². The van der Waals surface area contributed by atoms with E-state index in [4.69, 9.17) is 4.74 Å². The molecule has 0 spiro atoms. The summed E-state index contributed by atoms with van der Waals surface area (Å²) in [5.74, 6) is 1.75. The highest BCUT2D eigenvalue weighted by Gasteiger charge is 2.48. The maximum atomic E-state index is 5.54. The van der Waals surface area contributed by atoms with E-state index in [9.17, 15) is 0 Å². The molecule has 2 unspecified atom stereocenters. The average Bonchev–Trinajstić information content (AvgIpc) is 3.23. The van der Waals surface area contributed by atoms with Gasteiger partial charge in [0.15, 0.2) is 0 Å². The van der Waals surface area contributed by atoms with Gasteiger partial charge in [-0.2, -0.15) is 0 Å². The van der Waals surface area contributed by atoms with Gasteiger partial charge in [-0.05, 0) is 49.9 Å². The first kappa shape index (κ1) is 15.8. The van der Waals surface area contributed by atoms with Crippen molar-refractivity contribution in [1.29, 1.82) is 0 Å². The highest BCUT2D eigenvalue weighted by Crippen LogP contribution is 2.43. The zero-order valence-corrected chi connectivity index (χ0v) is 14.5. The van der Waals surface area contributed by atoms with Crippen molar-refractivity contribution in [2.24, 2.45) is 17.3 Å². The van der Waals surface area contributed by atoms with E-state index in [2.05, 4.69) is 37.9 Å². The van der Waals surface area contributed by atoms with E-state index in [-0.39, 0.29) is 0 Å². The maximum absolute atomic E-state index is 5.54. The molecule has 122 valence electrons. The average molecular weight is 294 g/mol. The SMILES string of the molecule is CC(C)(C)C1CNC(C)(C2CC2)CN1CC1CCOCC1. The number of nitrogens with one attached hydrogen (secondary N) is 1. The molecule has 0 aromatic heterocycles. The molecule has 2 atom stereocenters. The Labute approximate surface area is 130 Å². The first-order valence-electron chi connectivity index (χ1n) is 8.95. The topological polar surface area (TPSA) is 24.5 Å². The van der Waals surface area contributed by atoms with Gasteiger partial charge >= 0.3 is 0 Å². The van der Waals surface area contributed by atoms with Gasteiger partial charge in [-0.25, -0.2) is 0 Å². The number of piperazine rings is 1. The van der Waals surface area contributed by atoms with Crippen molar-refractivity contribution in [3.63, 3.8) is 0 Å². The van der Waals surface area contributed by atoms with Crippen LogP contribution < -0.4 is 5.32 Å². The molecule has 1 saturated carbocycles. The molecule has 0 aromatic carbocycles. The second-order valence-corrected chi connectivity index (χ2v) is 8.94. The number of hydrogen-bond acceptors (Lipinski definition) is 3. The molecule has 1 aliphatic carbocycles. The molecule has 2 aliphatic heterocycles. The van der Waals surface area contributed by atoms with Gasteiger partial charge in [0.1, 0.15) is 0 Å². The van der Waals surface area contributed by atoms with Crippen LogP contribution in [-0.2, 0) is 4.74 Å². The van der Waals surface area contributed by atoms with Gasteiger partial charge in [-0.15, -0.1) is 0 Å². The molecular formula is C18H34N2O. The first-order valence-corrected chi connectivity index (χ1v) is 8.95. The van der Waals surface area contributed by atoms with Crippen LogP contribution in [0.25, 0.3) is 0 Å². The third-order valence-electron chi connectivity index (χ3n) is 5.98. The second kappa shape index (κ2) is 5.82. The molecular weight excluding hydrogens is 260 g/mol. The quantitative estimate of drug-likeness (QED) is 0.866. The van der Waals surface area contributed by atoms with Crippen LogP contribution in [0.4, 0.5) is 0 Å². The van der Waals surface area contributed by atoms with E-state index in [1.54, 1.807) is 0 Å². The van der Waals surface area contributed by atoms with Crippen LogP contribution >= 0.6 is 0 Å². The molecule has 3 fully saturated rings. The van der Waals surface area contributed by atoms with Gasteiger partial charge in [-0.3, -0.25) is 4.90 Å². The molecule has 0 amide bonds. The van der Waals surface area contributed by atoms with Crippen molar-refractivity contribution in [3.05, 3.63) is 0 Å². The Morgan fingerprint density at radius 2 is 1.81 bits per heavy atom. The van der Waals surface area contributed by atoms with Crippen LogP contribution in [0.15, 0.2) is 0 Å². The highest BCUT2D eigenvalue weighted by atomic mass is 16.5. The molecule has 3 heteroatoms. The zero-order chi connectivity index (χ0) is 15.1. The fraction of sp³-hybridized carbons (Fsp3) is 1.00. The molecule has 2 saturated heterocycles. The van der Waals surface area contributed by atoms with Gasteiger partial charge < -0.3 is 10.1 Å². The Morgan fingerprint density at radius 3 is 2.38 bits per heavy atom. The molecule has 3 aliphatic rings. The summed E-state index contributed by atoms with van der Waals surface area (Å²) in [6.45, 7) is 15.3. The smallest absolute Gasteiger partial charge is 0.0469 e. The zero-order valence-electron chi connectivity index (χ0n) is 14.5. The van der Waals surface area contributed by atoms with Crippen LogP contribution in [0.2, 0.25) is 0 Å². The predicted molar refractivity (Wildman–Crippen MR) is 87.5 cm³/mol. The summed E-state index contributed by atoms with van der Waals surface area (Å²) >= 11 is 0. The Kier molecular flexibility index (Phi) is 4.37. The van der Waals surface area contributed by atoms with Crippen LogP contribution in [0, 0.1) is 17.3 Å². The Balaban J connectivity index is 1.69. The molecule has 1 N–H and O–H groups in total. The van der Waals surface area contributed by atoms with E-state index in [0.717, 1.165) is 31.6 Å². The third kappa shape index (κ3) is 3.62. The van der Waals surface area contributed by atoms with Crippen LogP contribution in [0.3, 0.4) is 0 Å². The van der Waals surface area contributed by atoms with Crippen molar-refractivity contribution in [2.45, 2.75) is 65.0 Å². The summed E-state index contributed by atoms with van der Waals surface area (Å²) in [6.07, 6.45) is 5.35. The van der Waals surface area contributed by atoms with Gasteiger partial charge in [0.2, 0.25) is 0 Å². The van der Waals surface area contributed by atoms with Crippen LogP contribution in [-0.4, -0.2) is 49.3 Å². The van der Waals surface area contributed by atoms with Crippen molar-refractivity contribution >= 4 is 0 Å². The summed E-state index contributed by atoms with van der Waals surface area (Å²) in [5.41, 5.74) is 0.704. The van der Waals surface area contributed by atoms with E-state index in [0.29, 0.717) is 17.0 Å². The molecule has 21 heavy (non-hydrogen) atoms. The fourth-order valence-electron chi connectivity index (χ4n) is 4.35. The minimum Gasteiger partial charge on any atom is -0.381 e. The third-order valence-corrected chi connectivity index (χ3v) is 5.98. The molecule has 3 rings (SSSR count). The first-order chi connectivity index (χ1) is 9.88. The van der Waals surface area contributed by atoms with E-state index in [1.165, 1.54) is 38.8 Å². The van der Waals surface area contributed by atoms with Crippen LogP contribution in [0.5, 0.6) is 0 Å². The summed E-state index contributed by atoms with van der Waals surface area (Å²) < 4.78 is 5.54. The molecule has 0 aromatic rings. The normalized spacial score (nSPS) is 36.9. The minimum atomic E-state index is 0.350. The van der Waals surface area contributed by atoms with Crippen molar-refractivity contribution in [3.8, 4) is 0 Å². The van der Waals surface area contributed by atoms with E-state index >= 15 is 0 Å². The summed E-state index contributed by atoms with van der Waals surface area (Å²) in [5, 5.41) is 3.91.